The van der Waals surface area contributed by atoms with Crippen LogP contribution in [0.5, 0.6) is 0 Å². The predicted octanol–water partition coefficient (Wildman–Crippen LogP) is 2.75. The third-order valence-electron chi connectivity index (χ3n) is 1.88. The molecule has 0 atom stereocenters. The molecule has 0 bridgehead atoms. The lowest BCUT2D eigenvalue weighted by Crippen LogP contribution is -2.07. The van der Waals surface area contributed by atoms with Gasteiger partial charge in [-0.2, -0.15) is 0 Å². The van der Waals surface area contributed by atoms with Crippen molar-refractivity contribution in [3.63, 3.8) is 0 Å². The van der Waals surface area contributed by atoms with Crippen LogP contribution in [0.2, 0.25) is 0 Å². The van der Waals surface area contributed by atoms with Crippen LogP contribution in [-0.4, -0.2) is 17.8 Å². The van der Waals surface area contributed by atoms with E-state index in [9.17, 15) is 0 Å². The van der Waals surface area contributed by atoms with E-state index in [1.165, 1.54) is 11.3 Å². The average molecular weight is 196 g/mol. The summed E-state index contributed by atoms with van der Waals surface area (Å²) in [6, 6.07) is 2.19. The average Bonchev–Trinajstić information content (AvgIpc) is 2.18. The van der Waals surface area contributed by atoms with Gasteiger partial charge < -0.3 is 4.31 Å². The highest BCUT2D eigenvalue weighted by atomic mass is 32.2. The molecule has 0 spiro atoms. The van der Waals surface area contributed by atoms with Crippen molar-refractivity contribution in [3.8, 4) is 0 Å². The molecule has 3 heteroatoms. The standard InChI is InChI=1S/C10H16N2S/c1-4-9-6-10(8-11-7-9)12(3)13-5-2/h6-8H,4-5H2,1-3H3. The van der Waals surface area contributed by atoms with Gasteiger partial charge in [-0.15, -0.1) is 0 Å². The first kappa shape index (κ1) is 10.4. The molecule has 0 aliphatic carbocycles. The Hall–Kier alpha value is -0.700. The minimum absolute atomic E-state index is 1.05. The fourth-order valence-corrected chi connectivity index (χ4v) is 1.74. The number of hydrogen-bond donors (Lipinski definition) is 0. The lowest BCUT2D eigenvalue weighted by molar-refractivity contribution is 1.10. The molecule has 0 radical (unpaired) electrons. The molecule has 2 nitrogen and oxygen atoms in total. The molecule has 0 N–H and O–H groups in total. The lowest BCUT2D eigenvalue weighted by Gasteiger charge is -2.16. The van der Waals surface area contributed by atoms with Crippen molar-refractivity contribution in [2.45, 2.75) is 20.3 Å². The van der Waals surface area contributed by atoms with Crippen molar-refractivity contribution in [2.24, 2.45) is 0 Å². The summed E-state index contributed by atoms with van der Waals surface area (Å²) in [5, 5.41) is 0. The predicted molar refractivity (Wildman–Crippen MR) is 60.2 cm³/mol. The van der Waals surface area contributed by atoms with Gasteiger partial charge in [0, 0.05) is 19.0 Å². The van der Waals surface area contributed by atoms with Crippen molar-refractivity contribution in [1.29, 1.82) is 0 Å². The zero-order chi connectivity index (χ0) is 9.68. The van der Waals surface area contributed by atoms with E-state index in [2.05, 4.69) is 36.3 Å². The van der Waals surface area contributed by atoms with Crippen LogP contribution in [0.3, 0.4) is 0 Å². The Morgan fingerprint density at radius 2 is 2.15 bits per heavy atom. The molecule has 0 saturated carbocycles. The van der Waals surface area contributed by atoms with E-state index >= 15 is 0 Å². The van der Waals surface area contributed by atoms with Gasteiger partial charge in [0.25, 0.3) is 0 Å². The number of aryl methyl sites for hydroxylation is 1. The first-order valence-corrected chi connectivity index (χ1v) is 5.52. The van der Waals surface area contributed by atoms with Crippen LogP contribution >= 0.6 is 11.9 Å². The van der Waals surface area contributed by atoms with Gasteiger partial charge in [-0.05, 0) is 18.1 Å². The van der Waals surface area contributed by atoms with Crippen molar-refractivity contribution < 1.29 is 0 Å². The summed E-state index contributed by atoms with van der Waals surface area (Å²) in [6.07, 6.45) is 4.88. The van der Waals surface area contributed by atoms with Gasteiger partial charge in [0.1, 0.15) is 0 Å². The van der Waals surface area contributed by atoms with Crippen LogP contribution in [0.1, 0.15) is 19.4 Å². The second kappa shape index (κ2) is 5.12. The molecule has 0 saturated heterocycles. The Morgan fingerprint density at radius 3 is 2.77 bits per heavy atom. The molecule has 1 aromatic heterocycles. The van der Waals surface area contributed by atoms with Crippen LogP contribution in [0.4, 0.5) is 5.69 Å². The fourth-order valence-electron chi connectivity index (χ4n) is 1.11. The minimum Gasteiger partial charge on any atom is -0.318 e. The molecule has 13 heavy (non-hydrogen) atoms. The van der Waals surface area contributed by atoms with Gasteiger partial charge in [0.2, 0.25) is 0 Å². The van der Waals surface area contributed by atoms with Crippen molar-refractivity contribution in [2.75, 3.05) is 17.1 Å². The minimum atomic E-state index is 1.05. The van der Waals surface area contributed by atoms with Crippen LogP contribution in [0.15, 0.2) is 18.5 Å². The second-order valence-electron chi connectivity index (χ2n) is 2.82. The van der Waals surface area contributed by atoms with E-state index in [1.54, 1.807) is 11.9 Å². The molecule has 72 valence electrons. The molecule has 0 aliphatic rings. The Bertz CT molecular complexity index is 263. The topological polar surface area (TPSA) is 16.1 Å². The fraction of sp³-hybridized carbons (Fsp3) is 0.500. The van der Waals surface area contributed by atoms with Crippen molar-refractivity contribution in [3.05, 3.63) is 24.0 Å². The molecule has 0 amide bonds. The van der Waals surface area contributed by atoms with Crippen molar-refractivity contribution in [1.82, 2.24) is 4.98 Å². The number of rotatable bonds is 4. The van der Waals surface area contributed by atoms with Gasteiger partial charge >= 0.3 is 0 Å². The molecule has 1 rings (SSSR count). The summed E-state index contributed by atoms with van der Waals surface area (Å²) in [4.78, 5) is 4.20. The smallest absolute Gasteiger partial charge is 0.0652 e. The SMILES string of the molecule is CCSN(C)c1cncc(CC)c1. The van der Waals surface area contributed by atoms with Crippen molar-refractivity contribution >= 4 is 17.6 Å². The Morgan fingerprint density at radius 1 is 1.38 bits per heavy atom. The van der Waals surface area contributed by atoms with Crippen LogP contribution in [0.25, 0.3) is 0 Å². The molecular formula is C10H16N2S. The van der Waals surface area contributed by atoms with Gasteiger partial charge in [0.15, 0.2) is 0 Å². The summed E-state index contributed by atoms with van der Waals surface area (Å²) in [5.74, 6) is 1.09. The van der Waals surface area contributed by atoms with E-state index in [0.29, 0.717) is 0 Å². The number of hydrogen-bond acceptors (Lipinski definition) is 3. The third kappa shape index (κ3) is 2.92. The highest BCUT2D eigenvalue weighted by molar-refractivity contribution is 8.00. The van der Waals surface area contributed by atoms with E-state index in [0.717, 1.165) is 12.2 Å². The summed E-state index contributed by atoms with van der Waals surface area (Å²) < 4.78 is 2.16. The third-order valence-corrected chi connectivity index (χ3v) is 2.73. The summed E-state index contributed by atoms with van der Waals surface area (Å²) >= 11 is 1.80. The Kier molecular flexibility index (Phi) is 4.09. The van der Waals surface area contributed by atoms with E-state index in [-0.39, 0.29) is 0 Å². The number of anilines is 1. The molecule has 0 fully saturated rings. The zero-order valence-electron chi connectivity index (χ0n) is 8.45. The maximum Gasteiger partial charge on any atom is 0.0652 e. The zero-order valence-corrected chi connectivity index (χ0v) is 9.27. The largest absolute Gasteiger partial charge is 0.318 e. The van der Waals surface area contributed by atoms with Crippen LogP contribution in [0, 0.1) is 0 Å². The van der Waals surface area contributed by atoms with Gasteiger partial charge in [-0.1, -0.05) is 25.8 Å². The molecular weight excluding hydrogens is 180 g/mol. The summed E-state index contributed by atoms with van der Waals surface area (Å²) in [6.45, 7) is 4.30. The monoisotopic (exact) mass is 196 g/mol. The molecule has 1 heterocycles. The quantitative estimate of drug-likeness (QED) is 0.689. The van der Waals surface area contributed by atoms with E-state index in [4.69, 9.17) is 0 Å². The maximum atomic E-state index is 4.20. The first-order valence-electron chi connectivity index (χ1n) is 4.58. The molecule has 1 aromatic rings. The second-order valence-corrected chi connectivity index (χ2v) is 4.20. The normalized spacial score (nSPS) is 10.1. The molecule has 0 aromatic carbocycles. The summed E-state index contributed by atoms with van der Waals surface area (Å²) in [7, 11) is 2.07. The molecule has 0 unspecified atom stereocenters. The lowest BCUT2D eigenvalue weighted by atomic mass is 10.2. The Labute approximate surface area is 84.5 Å². The number of aromatic nitrogens is 1. The Balaban J connectivity index is 2.75. The number of pyridine rings is 1. The number of nitrogens with zero attached hydrogens (tertiary/aromatic N) is 2. The van der Waals surface area contributed by atoms with Gasteiger partial charge in [-0.3, -0.25) is 4.98 Å². The highest BCUT2D eigenvalue weighted by Crippen LogP contribution is 2.19. The van der Waals surface area contributed by atoms with Gasteiger partial charge in [-0.25, -0.2) is 0 Å². The maximum absolute atomic E-state index is 4.20. The summed E-state index contributed by atoms with van der Waals surface area (Å²) in [5.41, 5.74) is 2.48. The first-order chi connectivity index (χ1) is 6.27. The van der Waals surface area contributed by atoms with E-state index in [1.807, 2.05) is 12.4 Å². The van der Waals surface area contributed by atoms with Crippen LogP contribution in [-0.2, 0) is 6.42 Å². The van der Waals surface area contributed by atoms with E-state index < -0.39 is 0 Å². The van der Waals surface area contributed by atoms with Crippen LogP contribution < -0.4 is 4.31 Å². The highest BCUT2D eigenvalue weighted by Gasteiger charge is 2.00. The molecule has 0 aliphatic heterocycles. The van der Waals surface area contributed by atoms with Gasteiger partial charge in [0.05, 0.1) is 11.9 Å².